The van der Waals surface area contributed by atoms with Crippen molar-refractivity contribution in [3.63, 3.8) is 0 Å². The summed E-state index contributed by atoms with van der Waals surface area (Å²) in [6.45, 7) is 6.09. The summed E-state index contributed by atoms with van der Waals surface area (Å²) in [5.41, 5.74) is 0.0958. The second-order valence-corrected chi connectivity index (χ2v) is 5.27. The van der Waals surface area contributed by atoms with Gasteiger partial charge in [0.1, 0.15) is 6.10 Å². The van der Waals surface area contributed by atoms with E-state index >= 15 is 0 Å². The maximum atomic E-state index is 12.2. The van der Waals surface area contributed by atoms with Crippen molar-refractivity contribution >= 4 is 11.9 Å². The fourth-order valence-corrected chi connectivity index (χ4v) is 2.41. The quantitative estimate of drug-likeness (QED) is 0.731. The minimum Gasteiger partial charge on any atom is -0.478 e. The highest BCUT2D eigenvalue weighted by molar-refractivity contribution is 6.02. The minimum atomic E-state index is -1.12. The molecule has 21 heavy (non-hydrogen) atoms. The van der Waals surface area contributed by atoms with Crippen molar-refractivity contribution in [3.05, 3.63) is 35.4 Å². The first-order chi connectivity index (χ1) is 10.0. The first-order valence-corrected chi connectivity index (χ1v) is 7.54. The van der Waals surface area contributed by atoms with Crippen molar-refractivity contribution in [1.29, 1.82) is 0 Å². The first-order valence-electron chi connectivity index (χ1n) is 7.54. The SMILES string of the molecule is CCCCC(CC)C(C)OC(=O)c1ccccc1C(=O)O. The molecule has 0 spiro atoms. The summed E-state index contributed by atoms with van der Waals surface area (Å²) in [5, 5.41) is 9.11. The predicted octanol–water partition coefficient (Wildman–Crippen LogP) is 4.15. The summed E-state index contributed by atoms with van der Waals surface area (Å²) >= 11 is 0. The number of hydrogen-bond donors (Lipinski definition) is 1. The van der Waals surface area contributed by atoms with Crippen molar-refractivity contribution < 1.29 is 19.4 Å². The lowest BCUT2D eigenvalue weighted by Crippen LogP contribution is -2.25. The zero-order chi connectivity index (χ0) is 15.8. The molecule has 0 saturated heterocycles. The number of carboxylic acids is 1. The standard InChI is InChI=1S/C17H24O4/c1-4-6-9-13(5-2)12(3)21-17(20)15-11-8-7-10-14(15)16(18)19/h7-8,10-13H,4-6,9H2,1-3H3,(H,18,19). The van der Waals surface area contributed by atoms with Gasteiger partial charge in [-0.1, -0.05) is 38.8 Å². The van der Waals surface area contributed by atoms with Crippen LogP contribution < -0.4 is 0 Å². The Balaban J connectivity index is 2.78. The molecule has 1 aromatic carbocycles. The highest BCUT2D eigenvalue weighted by Gasteiger charge is 2.23. The number of ether oxygens (including phenoxy) is 1. The third-order valence-electron chi connectivity index (χ3n) is 3.79. The third-order valence-corrected chi connectivity index (χ3v) is 3.79. The topological polar surface area (TPSA) is 63.6 Å². The van der Waals surface area contributed by atoms with Gasteiger partial charge in [-0.25, -0.2) is 9.59 Å². The largest absolute Gasteiger partial charge is 0.478 e. The molecular formula is C17H24O4. The summed E-state index contributed by atoms with van der Waals surface area (Å²) in [5.74, 6) is -1.37. The Hall–Kier alpha value is -1.84. The molecule has 4 heteroatoms. The number of esters is 1. The van der Waals surface area contributed by atoms with Crippen LogP contribution >= 0.6 is 0 Å². The highest BCUT2D eigenvalue weighted by atomic mass is 16.5. The number of benzene rings is 1. The highest BCUT2D eigenvalue weighted by Crippen LogP contribution is 2.21. The van der Waals surface area contributed by atoms with Crippen molar-refractivity contribution in [2.24, 2.45) is 5.92 Å². The smallest absolute Gasteiger partial charge is 0.339 e. The Labute approximate surface area is 126 Å². The Morgan fingerprint density at radius 3 is 2.33 bits per heavy atom. The van der Waals surface area contributed by atoms with Gasteiger partial charge in [0.25, 0.3) is 0 Å². The van der Waals surface area contributed by atoms with Gasteiger partial charge in [-0.05, 0) is 37.8 Å². The zero-order valence-electron chi connectivity index (χ0n) is 13.0. The molecule has 0 radical (unpaired) electrons. The van der Waals surface area contributed by atoms with Crippen molar-refractivity contribution in [2.75, 3.05) is 0 Å². The van der Waals surface area contributed by atoms with E-state index in [0.717, 1.165) is 25.7 Å². The van der Waals surface area contributed by atoms with Gasteiger partial charge in [0.2, 0.25) is 0 Å². The molecule has 1 N–H and O–H groups in total. The number of aromatic carboxylic acids is 1. The van der Waals surface area contributed by atoms with E-state index in [9.17, 15) is 9.59 Å². The van der Waals surface area contributed by atoms with Gasteiger partial charge < -0.3 is 9.84 Å². The van der Waals surface area contributed by atoms with Crippen molar-refractivity contribution in [1.82, 2.24) is 0 Å². The number of carbonyl (C=O) groups is 2. The molecule has 4 nitrogen and oxygen atoms in total. The minimum absolute atomic E-state index is 0.0173. The Kier molecular flexibility index (Phi) is 6.92. The van der Waals surface area contributed by atoms with Gasteiger partial charge in [0.05, 0.1) is 11.1 Å². The Morgan fingerprint density at radius 1 is 1.19 bits per heavy atom. The maximum absolute atomic E-state index is 12.2. The lowest BCUT2D eigenvalue weighted by molar-refractivity contribution is 0.0171. The van der Waals surface area contributed by atoms with E-state index in [4.69, 9.17) is 9.84 Å². The molecule has 0 aliphatic carbocycles. The van der Waals surface area contributed by atoms with E-state index < -0.39 is 11.9 Å². The predicted molar refractivity (Wildman–Crippen MR) is 81.6 cm³/mol. The lowest BCUT2D eigenvalue weighted by Gasteiger charge is -2.23. The van der Waals surface area contributed by atoms with Gasteiger partial charge in [-0.2, -0.15) is 0 Å². The second-order valence-electron chi connectivity index (χ2n) is 5.27. The summed E-state index contributed by atoms with van der Waals surface area (Å²) in [6, 6.07) is 6.14. The number of rotatable bonds is 8. The molecule has 0 fully saturated rings. The molecule has 0 bridgehead atoms. The molecule has 0 saturated carbocycles. The van der Waals surface area contributed by atoms with E-state index in [1.807, 2.05) is 6.92 Å². The Bertz CT molecular complexity index is 481. The van der Waals surface area contributed by atoms with Gasteiger partial charge in [-0.3, -0.25) is 0 Å². The van der Waals surface area contributed by atoms with Crippen molar-refractivity contribution in [2.45, 2.75) is 52.6 Å². The van der Waals surface area contributed by atoms with E-state index in [1.54, 1.807) is 12.1 Å². The molecule has 0 heterocycles. The second kappa shape index (κ2) is 8.45. The van der Waals surface area contributed by atoms with Crippen LogP contribution in [0.1, 0.15) is 67.2 Å². The molecule has 2 atom stereocenters. The van der Waals surface area contributed by atoms with Crippen LogP contribution in [0.15, 0.2) is 24.3 Å². The maximum Gasteiger partial charge on any atom is 0.339 e. The lowest BCUT2D eigenvalue weighted by atomic mass is 9.94. The average Bonchev–Trinajstić information content (AvgIpc) is 2.47. The molecule has 0 amide bonds. The first kappa shape index (κ1) is 17.2. The van der Waals surface area contributed by atoms with Gasteiger partial charge in [0.15, 0.2) is 0 Å². The fraction of sp³-hybridized carbons (Fsp3) is 0.529. The normalized spacial score (nSPS) is 13.5. The number of hydrogen-bond acceptors (Lipinski definition) is 3. The third kappa shape index (κ3) is 4.88. The molecule has 0 aliphatic rings. The van der Waals surface area contributed by atoms with Crippen LogP contribution in [0.4, 0.5) is 0 Å². The fourth-order valence-electron chi connectivity index (χ4n) is 2.41. The van der Waals surface area contributed by atoms with Gasteiger partial charge >= 0.3 is 11.9 Å². The van der Waals surface area contributed by atoms with Crippen molar-refractivity contribution in [3.8, 4) is 0 Å². The number of carbonyl (C=O) groups excluding carboxylic acids is 1. The molecule has 1 rings (SSSR count). The summed E-state index contributed by atoms with van der Waals surface area (Å²) < 4.78 is 5.48. The molecule has 0 aliphatic heterocycles. The van der Waals surface area contributed by atoms with E-state index in [0.29, 0.717) is 5.92 Å². The van der Waals surface area contributed by atoms with Crippen LogP contribution in [-0.2, 0) is 4.74 Å². The van der Waals surface area contributed by atoms with E-state index in [-0.39, 0.29) is 17.2 Å². The average molecular weight is 292 g/mol. The molecule has 0 aromatic heterocycles. The molecule has 116 valence electrons. The number of carboxylic acid groups (broad SMARTS) is 1. The van der Waals surface area contributed by atoms with Crippen LogP contribution in [0, 0.1) is 5.92 Å². The van der Waals surface area contributed by atoms with E-state index in [2.05, 4.69) is 13.8 Å². The van der Waals surface area contributed by atoms with Gasteiger partial charge in [-0.15, -0.1) is 0 Å². The van der Waals surface area contributed by atoms with Crippen LogP contribution in [0.2, 0.25) is 0 Å². The van der Waals surface area contributed by atoms with Crippen LogP contribution in [-0.4, -0.2) is 23.1 Å². The van der Waals surface area contributed by atoms with Crippen LogP contribution in [0.25, 0.3) is 0 Å². The molecule has 1 aromatic rings. The number of unbranched alkanes of at least 4 members (excludes halogenated alkanes) is 1. The monoisotopic (exact) mass is 292 g/mol. The summed E-state index contributed by atoms with van der Waals surface area (Å²) in [7, 11) is 0. The molecule has 2 unspecified atom stereocenters. The van der Waals surface area contributed by atoms with E-state index in [1.165, 1.54) is 12.1 Å². The summed E-state index contributed by atoms with van der Waals surface area (Å²) in [4.78, 5) is 23.3. The van der Waals surface area contributed by atoms with Crippen LogP contribution in [0.3, 0.4) is 0 Å². The summed E-state index contributed by atoms with van der Waals surface area (Å²) in [6.07, 6.45) is 3.96. The van der Waals surface area contributed by atoms with Gasteiger partial charge in [0, 0.05) is 0 Å². The molecular weight excluding hydrogens is 268 g/mol. The zero-order valence-corrected chi connectivity index (χ0v) is 13.0. The van der Waals surface area contributed by atoms with Crippen LogP contribution in [0.5, 0.6) is 0 Å². The Morgan fingerprint density at radius 2 is 1.81 bits per heavy atom.